The van der Waals surface area contributed by atoms with Crippen LogP contribution in [-0.4, -0.2) is 74.9 Å². The quantitative estimate of drug-likeness (QED) is 0.459. The van der Waals surface area contributed by atoms with Crippen molar-refractivity contribution >= 4 is 11.9 Å². The molecule has 1 aromatic rings. The summed E-state index contributed by atoms with van der Waals surface area (Å²) in [6, 6.07) is 0.0817. The Bertz CT molecular complexity index is 906. The highest BCUT2D eigenvalue weighted by Gasteiger charge is 2.49. The van der Waals surface area contributed by atoms with Crippen LogP contribution >= 0.6 is 0 Å². The van der Waals surface area contributed by atoms with Crippen LogP contribution < -0.4 is 5.32 Å². The number of nitrogens with zero attached hydrogens (tertiary/aromatic N) is 5. The van der Waals surface area contributed by atoms with Crippen molar-refractivity contribution in [1.82, 2.24) is 30.4 Å². The maximum atomic E-state index is 13.0. The minimum atomic E-state index is -0.554. The zero-order chi connectivity index (χ0) is 25.1. The van der Waals surface area contributed by atoms with Crippen molar-refractivity contribution in [2.24, 2.45) is 11.8 Å². The van der Waals surface area contributed by atoms with E-state index in [-0.39, 0.29) is 23.8 Å². The third-order valence-corrected chi connectivity index (χ3v) is 7.37. The molecule has 1 aromatic heterocycles. The highest BCUT2D eigenvalue weighted by Crippen LogP contribution is 2.43. The average molecular weight is 489 g/mol. The van der Waals surface area contributed by atoms with Crippen LogP contribution in [0.25, 0.3) is 0 Å². The third-order valence-electron chi connectivity index (χ3n) is 7.37. The lowest BCUT2D eigenvalue weighted by atomic mass is 9.91. The van der Waals surface area contributed by atoms with Crippen molar-refractivity contribution in [3.8, 4) is 0 Å². The standard InChI is InChI=1S/C25H40N6O4/c1-5-21(32)30-12-6-7-20(17-30)26-25(11-8-19(15-25)22(33)35-24(2,3)4)23-27-28-29-31(23)16-18-9-13-34-14-10-18/h5,18-20,26H,1,6-17H2,2-4H3. The molecule has 0 radical (unpaired) electrons. The molecule has 3 heterocycles. The van der Waals surface area contributed by atoms with E-state index < -0.39 is 11.1 Å². The van der Waals surface area contributed by atoms with Crippen molar-refractivity contribution in [2.75, 3.05) is 26.3 Å². The summed E-state index contributed by atoms with van der Waals surface area (Å²) in [5.41, 5.74) is -1.09. The van der Waals surface area contributed by atoms with E-state index in [2.05, 4.69) is 27.4 Å². The van der Waals surface area contributed by atoms with Crippen LogP contribution in [0.5, 0.6) is 0 Å². The number of hydrogen-bond acceptors (Lipinski definition) is 8. The lowest BCUT2D eigenvalue weighted by Crippen LogP contribution is -2.55. The summed E-state index contributed by atoms with van der Waals surface area (Å²) in [6.07, 6.45) is 7.22. The molecule has 3 fully saturated rings. The minimum absolute atomic E-state index is 0.0482. The Balaban J connectivity index is 1.57. The topological polar surface area (TPSA) is 111 Å². The van der Waals surface area contributed by atoms with Crippen molar-refractivity contribution in [2.45, 2.75) is 89.4 Å². The molecular weight excluding hydrogens is 448 g/mol. The molecule has 10 heteroatoms. The molecule has 2 aliphatic heterocycles. The molecule has 0 bridgehead atoms. The fraction of sp³-hybridized carbons (Fsp3) is 0.800. The maximum Gasteiger partial charge on any atom is 0.309 e. The summed E-state index contributed by atoms with van der Waals surface area (Å²) >= 11 is 0. The highest BCUT2D eigenvalue weighted by molar-refractivity contribution is 5.87. The number of carbonyl (C=O) groups is 2. The van der Waals surface area contributed by atoms with E-state index in [1.807, 2.05) is 30.4 Å². The van der Waals surface area contributed by atoms with Gasteiger partial charge in [-0.2, -0.15) is 0 Å². The number of rotatable bonds is 7. The van der Waals surface area contributed by atoms with Gasteiger partial charge in [-0.15, -0.1) is 5.10 Å². The lowest BCUT2D eigenvalue weighted by molar-refractivity contribution is -0.160. The van der Waals surface area contributed by atoms with E-state index in [1.54, 1.807) is 0 Å². The molecule has 1 aliphatic carbocycles. The molecule has 10 nitrogen and oxygen atoms in total. The lowest BCUT2D eigenvalue weighted by Gasteiger charge is -2.39. The van der Waals surface area contributed by atoms with E-state index in [0.717, 1.165) is 64.2 Å². The van der Waals surface area contributed by atoms with Gasteiger partial charge >= 0.3 is 5.97 Å². The number of ether oxygens (including phenoxy) is 2. The van der Waals surface area contributed by atoms with E-state index in [9.17, 15) is 9.59 Å². The first-order valence-electron chi connectivity index (χ1n) is 13.0. The van der Waals surface area contributed by atoms with Crippen LogP contribution in [0.4, 0.5) is 0 Å². The number of amides is 1. The predicted molar refractivity (Wildman–Crippen MR) is 129 cm³/mol. The molecule has 1 N–H and O–H groups in total. The van der Waals surface area contributed by atoms with Gasteiger partial charge in [-0.05, 0) is 88.1 Å². The first-order chi connectivity index (χ1) is 16.7. The Morgan fingerprint density at radius 2 is 2.03 bits per heavy atom. The van der Waals surface area contributed by atoms with Gasteiger partial charge in [0.1, 0.15) is 5.60 Å². The zero-order valence-corrected chi connectivity index (χ0v) is 21.4. The first-order valence-corrected chi connectivity index (χ1v) is 13.0. The Labute approximate surface area is 207 Å². The Morgan fingerprint density at radius 1 is 1.26 bits per heavy atom. The Kier molecular flexibility index (Phi) is 7.90. The molecule has 3 atom stereocenters. The second-order valence-electron chi connectivity index (χ2n) is 11.3. The van der Waals surface area contributed by atoms with Crippen molar-refractivity contribution in [3.63, 3.8) is 0 Å². The molecule has 2 saturated heterocycles. The van der Waals surface area contributed by atoms with Gasteiger partial charge in [0.15, 0.2) is 5.82 Å². The van der Waals surface area contributed by atoms with Gasteiger partial charge in [0.05, 0.1) is 11.5 Å². The molecule has 0 spiro atoms. The van der Waals surface area contributed by atoms with Gasteiger partial charge in [-0.25, -0.2) is 4.68 Å². The molecule has 35 heavy (non-hydrogen) atoms. The second kappa shape index (κ2) is 10.7. The largest absolute Gasteiger partial charge is 0.460 e. The van der Waals surface area contributed by atoms with E-state index >= 15 is 0 Å². The first kappa shape index (κ1) is 25.8. The van der Waals surface area contributed by atoms with Crippen LogP contribution in [0.15, 0.2) is 12.7 Å². The molecule has 3 aliphatic rings. The fourth-order valence-corrected chi connectivity index (χ4v) is 5.69. The fourth-order valence-electron chi connectivity index (χ4n) is 5.69. The number of piperidine rings is 1. The summed E-state index contributed by atoms with van der Waals surface area (Å²) in [7, 11) is 0. The van der Waals surface area contributed by atoms with Gasteiger partial charge in [-0.3, -0.25) is 9.59 Å². The summed E-state index contributed by atoms with van der Waals surface area (Å²) in [6.45, 7) is 12.9. The summed E-state index contributed by atoms with van der Waals surface area (Å²) < 4.78 is 13.2. The second-order valence-corrected chi connectivity index (χ2v) is 11.3. The van der Waals surface area contributed by atoms with Crippen molar-refractivity contribution in [1.29, 1.82) is 0 Å². The monoisotopic (exact) mass is 488 g/mol. The molecule has 4 rings (SSSR count). The summed E-state index contributed by atoms with van der Waals surface area (Å²) in [5.74, 6) is 0.790. The summed E-state index contributed by atoms with van der Waals surface area (Å²) in [4.78, 5) is 27.1. The number of aromatic nitrogens is 4. The number of tetrazole rings is 1. The van der Waals surface area contributed by atoms with Gasteiger partial charge in [-0.1, -0.05) is 6.58 Å². The highest BCUT2D eigenvalue weighted by atomic mass is 16.6. The van der Waals surface area contributed by atoms with Crippen molar-refractivity contribution in [3.05, 3.63) is 18.5 Å². The SMILES string of the molecule is C=CC(=O)N1CCCC(NC2(c3nnnn3CC3CCOCC3)CCC(C(=O)OC(C)(C)C)C2)C1. The minimum Gasteiger partial charge on any atom is -0.460 e. The number of hydrogen-bond donors (Lipinski definition) is 1. The van der Waals surface area contributed by atoms with Gasteiger partial charge < -0.3 is 19.7 Å². The normalized spacial score (nSPS) is 28.1. The predicted octanol–water partition coefficient (Wildman–Crippen LogP) is 2.20. The van der Waals surface area contributed by atoms with Crippen LogP contribution in [0.2, 0.25) is 0 Å². The van der Waals surface area contributed by atoms with Gasteiger partial charge in [0, 0.05) is 38.9 Å². The summed E-state index contributed by atoms with van der Waals surface area (Å²) in [5, 5.41) is 16.8. The van der Waals surface area contributed by atoms with Gasteiger partial charge in [0.25, 0.3) is 0 Å². The molecule has 1 amide bonds. The Hall–Kier alpha value is -2.33. The Morgan fingerprint density at radius 3 is 2.74 bits per heavy atom. The zero-order valence-electron chi connectivity index (χ0n) is 21.4. The smallest absolute Gasteiger partial charge is 0.309 e. The van der Waals surface area contributed by atoms with Crippen LogP contribution in [0, 0.1) is 11.8 Å². The van der Waals surface area contributed by atoms with E-state index in [4.69, 9.17) is 9.47 Å². The molecule has 194 valence electrons. The number of likely N-dealkylation sites (tertiary alicyclic amines) is 1. The third kappa shape index (κ3) is 6.27. The van der Waals surface area contributed by atoms with E-state index in [0.29, 0.717) is 25.3 Å². The molecule has 0 aromatic carbocycles. The average Bonchev–Trinajstić information content (AvgIpc) is 3.46. The van der Waals surface area contributed by atoms with Crippen LogP contribution in [0.1, 0.15) is 71.5 Å². The van der Waals surface area contributed by atoms with Crippen molar-refractivity contribution < 1.29 is 19.1 Å². The molecular formula is C25H40N6O4. The van der Waals surface area contributed by atoms with Crippen LogP contribution in [-0.2, 0) is 31.1 Å². The number of esters is 1. The van der Waals surface area contributed by atoms with Crippen LogP contribution in [0.3, 0.4) is 0 Å². The van der Waals surface area contributed by atoms with E-state index in [1.165, 1.54) is 6.08 Å². The number of carbonyl (C=O) groups excluding carboxylic acids is 2. The van der Waals surface area contributed by atoms with Gasteiger partial charge in [0.2, 0.25) is 5.91 Å². The maximum absolute atomic E-state index is 13.0. The number of nitrogens with one attached hydrogen (secondary N) is 1. The molecule has 1 saturated carbocycles. The molecule has 3 unspecified atom stereocenters.